The van der Waals surface area contributed by atoms with Gasteiger partial charge in [-0.1, -0.05) is 77.0 Å². The number of rotatable bonds is 0. The Bertz CT molecular complexity index is 1420. The van der Waals surface area contributed by atoms with Crippen LogP contribution in [0.25, 0.3) is 0 Å². The summed E-state index contributed by atoms with van der Waals surface area (Å²) < 4.78 is 12.2. The molecule has 0 amide bonds. The topological polar surface area (TPSA) is 52.6 Å². The fourth-order valence-electron chi connectivity index (χ4n) is 21.8. The van der Waals surface area contributed by atoms with Crippen LogP contribution >= 0.6 is 0 Å². The molecule has 0 aromatic rings. The Kier molecular flexibility index (Phi) is 6.64. The van der Waals surface area contributed by atoms with Gasteiger partial charge in [-0.05, 0) is 156 Å². The summed E-state index contributed by atoms with van der Waals surface area (Å²) in [5.74, 6) is 10.5. The number of Topliss-reactive ketones (excluding diaryl/α,β-unsaturated/α-hetero) is 2. The van der Waals surface area contributed by atoms with Crippen molar-refractivity contribution in [3.63, 3.8) is 0 Å². The molecule has 3 bridgehead atoms. The number of hydrogen-bond acceptors (Lipinski definition) is 4. The second-order valence-corrected chi connectivity index (χ2v) is 21.3. The Hall–Kier alpha value is -0.740. The molecule has 4 heteroatoms. The molecular formula is C46H66O4. The van der Waals surface area contributed by atoms with Crippen molar-refractivity contribution >= 4 is 11.6 Å². The highest BCUT2D eigenvalue weighted by Crippen LogP contribution is 3.17. The van der Waals surface area contributed by atoms with E-state index in [1.807, 2.05) is 0 Å². The van der Waals surface area contributed by atoms with Gasteiger partial charge >= 0.3 is 0 Å². The standard InChI is InChI=1S/C46H66O4/c47-31-15-19-41(17-11-7-3-1-5-9-13-21-49-27-31)43-29-23-33(43)37-39-35-25-30-26-36-40-38(34(43)24-29)45(37,41)42(46(39,40)44(30,35)36)18-12-8-4-2-6-10-14-22-50-28-32(48)16-20-42/h29-30,33-40H,1-28H2. The molecule has 12 rings (SSSR count). The summed E-state index contributed by atoms with van der Waals surface area (Å²) in [6.45, 7) is 2.23. The lowest BCUT2D eigenvalue weighted by atomic mass is 9.04. The number of fused-ring (bicyclic) bond motifs is 6. The molecule has 0 N–H and O–H groups in total. The summed E-state index contributed by atoms with van der Waals surface area (Å²) in [7, 11) is 0. The highest BCUT2D eigenvalue weighted by Gasteiger charge is 3.14. The van der Waals surface area contributed by atoms with Crippen LogP contribution in [0.3, 0.4) is 0 Å². The summed E-state index contributed by atoms with van der Waals surface area (Å²) in [6, 6.07) is 0. The van der Waals surface area contributed by atoms with E-state index >= 15 is 0 Å². The monoisotopic (exact) mass is 682 g/mol. The van der Waals surface area contributed by atoms with E-state index in [2.05, 4.69) is 0 Å². The Morgan fingerprint density at radius 2 is 0.820 bits per heavy atom. The molecule has 10 atom stereocenters. The number of hydrogen-bond donors (Lipinski definition) is 0. The molecule has 10 aliphatic carbocycles. The van der Waals surface area contributed by atoms with Crippen molar-refractivity contribution in [1.29, 1.82) is 0 Å². The first-order valence-electron chi connectivity index (χ1n) is 22.8. The van der Waals surface area contributed by atoms with Crippen LogP contribution in [0.15, 0.2) is 0 Å². The van der Waals surface area contributed by atoms with E-state index in [-0.39, 0.29) is 0 Å². The normalized spacial score (nSPS) is 60.6. The van der Waals surface area contributed by atoms with Crippen LogP contribution in [0.2, 0.25) is 0 Å². The first kappa shape index (κ1) is 31.6. The third-order valence-corrected chi connectivity index (χ3v) is 21.5. The number of ether oxygens (including phenoxy) is 2. The van der Waals surface area contributed by atoms with Crippen molar-refractivity contribution < 1.29 is 19.1 Å². The quantitative estimate of drug-likeness (QED) is 0.255. The smallest absolute Gasteiger partial charge is 0.158 e. The second-order valence-electron chi connectivity index (χ2n) is 21.3. The maximum Gasteiger partial charge on any atom is 0.158 e. The number of carbonyl (C=O) groups excluding carboxylic acids is 2. The molecule has 2 aliphatic heterocycles. The molecule has 12 aliphatic rings. The lowest BCUT2D eigenvalue weighted by Gasteiger charge is -2.99. The van der Waals surface area contributed by atoms with Gasteiger partial charge < -0.3 is 9.47 Å². The van der Waals surface area contributed by atoms with E-state index in [9.17, 15) is 9.59 Å². The van der Waals surface area contributed by atoms with Crippen LogP contribution in [0.4, 0.5) is 0 Å². The lowest BCUT2D eigenvalue weighted by molar-refractivity contribution is -0.528. The van der Waals surface area contributed by atoms with Crippen LogP contribution in [0.1, 0.15) is 154 Å². The van der Waals surface area contributed by atoms with Crippen LogP contribution in [0.5, 0.6) is 0 Å². The van der Waals surface area contributed by atoms with Crippen LogP contribution in [0, 0.1) is 91.7 Å². The molecule has 274 valence electrons. The van der Waals surface area contributed by atoms with Gasteiger partial charge in [0.15, 0.2) is 11.6 Å². The van der Waals surface area contributed by atoms with E-state index in [1.165, 1.54) is 116 Å². The van der Waals surface area contributed by atoms with Gasteiger partial charge in [0.2, 0.25) is 0 Å². The zero-order valence-electron chi connectivity index (χ0n) is 31.2. The lowest BCUT2D eigenvalue weighted by Crippen LogP contribution is -2.95. The summed E-state index contributed by atoms with van der Waals surface area (Å²) >= 11 is 0. The molecule has 2 heterocycles. The van der Waals surface area contributed by atoms with Gasteiger partial charge in [-0.25, -0.2) is 0 Å². The van der Waals surface area contributed by atoms with Crippen molar-refractivity contribution in [3.8, 4) is 0 Å². The van der Waals surface area contributed by atoms with Gasteiger partial charge in [-0.3, -0.25) is 9.59 Å². The Morgan fingerprint density at radius 1 is 0.420 bits per heavy atom. The van der Waals surface area contributed by atoms with Gasteiger partial charge in [0.1, 0.15) is 13.2 Å². The second kappa shape index (κ2) is 10.5. The summed E-state index contributed by atoms with van der Waals surface area (Å²) in [4.78, 5) is 27.9. The third-order valence-electron chi connectivity index (χ3n) is 21.5. The highest BCUT2D eigenvalue weighted by atomic mass is 16.5. The van der Waals surface area contributed by atoms with Gasteiger partial charge in [-0.2, -0.15) is 0 Å². The van der Waals surface area contributed by atoms with Crippen molar-refractivity contribution in [2.75, 3.05) is 26.4 Å². The Labute approximate surface area is 302 Å². The van der Waals surface area contributed by atoms with Crippen molar-refractivity contribution in [2.45, 2.75) is 154 Å². The molecule has 0 radical (unpaired) electrons. The summed E-state index contributed by atoms with van der Waals surface area (Å²) in [5, 5.41) is 0. The van der Waals surface area contributed by atoms with E-state index in [0.29, 0.717) is 57.3 Å². The Balaban J connectivity index is 1.02. The molecular weight excluding hydrogens is 617 g/mol. The maximum atomic E-state index is 14.0. The fraction of sp³-hybridized carbons (Fsp3) is 0.957. The predicted molar refractivity (Wildman–Crippen MR) is 192 cm³/mol. The summed E-state index contributed by atoms with van der Waals surface area (Å²) in [6.07, 6.45) is 31.4. The molecule has 0 aromatic heterocycles. The zero-order valence-corrected chi connectivity index (χ0v) is 31.2. The molecule has 50 heavy (non-hydrogen) atoms. The van der Waals surface area contributed by atoms with Gasteiger partial charge in [0, 0.05) is 26.1 Å². The molecule has 2 saturated heterocycles. The molecule has 4 nitrogen and oxygen atoms in total. The highest BCUT2D eigenvalue weighted by molar-refractivity contribution is 5.80. The minimum absolute atomic E-state index is 0.332. The maximum absolute atomic E-state index is 14.0. The molecule has 0 aromatic carbocycles. The minimum atomic E-state index is 0.332. The van der Waals surface area contributed by atoms with Crippen LogP contribution < -0.4 is 0 Å². The molecule has 12 fully saturated rings. The van der Waals surface area contributed by atoms with Gasteiger partial charge in [0.25, 0.3) is 0 Å². The van der Waals surface area contributed by atoms with Crippen molar-refractivity contribution in [2.24, 2.45) is 91.7 Å². The van der Waals surface area contributed by atoms with Crippen molar-refractivity contribution in [1.82, 2.24) is 0 Å². The van der Waals surface area contributed by atoms with E-state index < -0.39 is 0 Å². The zero-order chi connectivity index (χ0) is 33.1. The predicted octanol–water partition coefficient (Wildman–Crippen LogP) is 9.76. The van der Waals surface area contributed by atoms with E-state index in [0.717, 1.165) is 98.1 Å². The molecule has 10 unspecified atom stereocenters. The summed E-state index contributed by atoms with van der Waals surface area (Å²) in [5.41, 5.74) is 2.86. The SMILES string of the molecule is O=C1CCC2(CCCCCCCCCOC1)C13C4CC1C1C5C6CC7CC8C9C(C3C4)C12C1(CCCCCCCCCOCC(=O)CC1)C59C768. The third kappa shape index (κ3) is 2.92. The first-order chi connectivity index (χ1) is 24.6. The van der Waals surface area contributed by atoms with E-state index in [4.69, 9.17) is 9.47 Å². The average Bonchev–Trinajstić information content (AvgIpc) is 3.56. The fourth-order valence-corrected chi connectivity index (χ4v) is 21.8. The number of ketones is 2. The van der Waals surface area contributed by atoms with Crippen LogP contribution in [-0.4, -0.2) is 38.0 Å². The van der Waals surface area contributed by atoms with Crippen molar-refractivity contribution in [3.05, 3.63) is 0 Å². The van der Waals surface area contributed by atoms with Gasteiger partial charge in [-0.15, -0.1) is 0 Å². The van der Waals surface area contributed by atoms with E-state index in [1.54, 1.807) is 12.8 Å². The molecule has 6 spiro atoms. The Morgan fingerprint density at radius 3 is 1.32 bits per heavy atom. The van der Waals surface area contributed by atoms with Crippen LogP contribution in [-0.2, 0) is 19.1 Å². The largest absolute Gasteiger partial charge is 0.374 e. The van der Waals surface area contributed by atoms with Gasteiger partial charge in [0.05, 0.1) is 0 Å². The number of carbonyl (C=O) groups is 2. The first-order valence-corrected chi connectivity index (χ1v) is 22.8. The average molecular weight is 683 g/mol. The molecule has 10 saturated carbocycles. The minimum Gasteiger partial charge on any atom is -0.374 e.